The summed E-state index contributed by atoms with van der Waals surface area (Å²) in [5, 5.41) is 0.765. The fourth-order valence-corrected chi connectivity index (χ4v) is 4.21. The minimum atomic E-state index is -0.570. The van der Waals surface area contributed by atoms with Gasteiger partial charge in [-0.15, -0.1) is 0 Å². The maximum atomic E-state index is 12.7. The quantitative estimate of drug-likeness (QED) is 0.126. The van der Waals surface area contributed by atoms with E-state index in [1.165, 1.54) is 84.0 Å². The summed E-state index contributed by atoms with van der Waals surface area (Å²) in [5.74, 6) is -0.781. The van der Waals surface area contributed by atoms with Gasteiger partial charge in [-0.25, -0.2) is 0 Å². The van der Waals surface area contributed by atoms with Crippen LogP contribution in [0, 0.1) is 5.92 Å². The summed E-state index contributed by atoms with van der Waals surface area (Å²) in [4.78, 5) is 24.7. The lowest BCUT2D eigenvalue weighted by atomic mass is 9.89. The third-order valence-corrected chi connectivity index (χ3v) is 6.60. The van der Waals surface area contributed by atoms with E-state index in [0.717, 1.165) is 12.8 Å². The Morgan fingerprint density at radius 1 is 0.733 bits per heavy atom. The molecule has 0 aromatic heterocycles. The minimum Gasteiger partial charge on any atom is -0.299 e. The molecule has 1 rings (SSSR count). The van der Waals surface area contributed by atoms with Gasteiger partial charge in [0.1, 0.15) is 5.78 Å². The van der Waals surface area contributed by atoms with E-state index in [2.05, 4.69) is 6.92 Å². The molecule has 0 spiro atoms. The van der Waals surface area contributed by atoms with Crippen LogP contribution in [-0.4, -0.2) is 11.6 Å². The first kappa shape index (κ1) is 27.2. The van der Waals surface area contributed by atoms with Crippen LogP contribution < -0.4 is 0 Å². The number of hydrogen-bond acceptors (Lipinski definition) is 2. The molecule has 170 valence electrons. The normalized spacial score (nSPS) is 12.1. The van der Waals surface area contributed by atoms with Crippen LogP contribution in [0.2, 0.25) is 10.0 Å². The number of unbranched alkanes of at least 4 members (excludes halogenated alkanes) is 13. The molecule has 1 aromatic carbocycles. The zero-order valence-electron chi connectivity index (χ0n) is 19.0. The van der Waals surface area contributed by atoms with Crippen molar-refractivity contribution >= 4 is 34.8 Å². The molecule has 0 aliphatic heterocycles. The molecule has 0 aliphatic rings. The number of benzene rings is 1. The molecule has 0 N–H and O–H groups in total. The second-order valence-electron chi connectivity index (χ2n) is 8.54. The third kappa shape index (κ3) is 11.5. The van der Waals surface area contributed by atoms with E-state index in [-0.39, 0.29) is 11.6 Å². The zero-order chi connectivity index (χ0) is 22.2. The summed E-state index contributed by atoms with van der Waals surface area (Å²) in [6, 6.07) is 4.83. The monoisotopic (exact) mass is 454 g/mol. The molecule has 30 heavy (non-hydrogen) atoms. The molecule has 1 atom stereocenters. The summed E-state index contributed by atoms with van der Waals surface area (Å²) < 4.78 is 0. The second kappa shape index (κ2) is 16.8. The standard InChI is InChI=1S/C26H40Cl2O2/c1-3-4-5-6-7-8-9-10-11-12-13-14-15-16-17-23(21(2)29)26(30)22-18-19-24(27)25(28)20-22/h18-20,23H,3-17H2,1-2H3. The molecule has 1 unspecified atom stereocenters. The molecule has 0 saturated heterocycles. The summed E-state index contributed by atoms with van der Waals surface area (Å²) in [6.45, 7) is 3.77. The molecule has 0 fully saturated rings. The fourth-order valence-electron chi connectivity index (χ4n) is 3.91. The van der Waals surface area contributed by atoms with E-state index >= 15 is 0 Å². The number of carbonyl (C=O) groups is 2. The van der Waals surface area contributed by atoms with Crippen LogP contribution in [0.4, 0.5) is 0 Å². The topological polar surface area (TPSA) is 34.1 Å². The largest absolute Gasteiger partial charge is 0.299 e. The Morgan fingerprint density at radius 3 is 1.63 bits per heavy atom. The number of halogens is 2. The molecule has 0 amide bonds. The SMILES string of the molecule is CCCCCCCCCCCCCCCCC(C(C)=O)C(=O)c1ccc(Cl)c(Cl)c1. The van der Waals surface area contributed by atoms with E-state index in [1.807, 2.05) is 0 Å². The molecular formula is C26H40Cl2O2. The molecule has 0 radical (unpaired) electrons. The molecule has 1 aromatic rings. The van der Waals surface area contributed by atoms with Crippen LogP contribution >= 0.6 is 23.2 Å². The highest BCUT2D eigenvalue weighted by Crippen LogP contribution is 2.25. The van der Waals surface area contributed by atoms with E-state index in [4.69, 9.17) is 23.2 Å². The van der Waals surface area contributed by atoms with Crippen LogP contribution in [0.3, 0.4) is 0 Å². The average Bonchev–Trinajstić information content (AvgIpc) is 2.72. The Balaban J connectivity index is 2.12. The summed E-state index contributed by atoms with van der Waals surface area (Å²) in [6.07, 6.45) is 18.7. The first-order valence-corrected chi connectivity index (χ1v) is 12.7. The van der Waals surface area contributed by atoms with Gasteiger partial charge in [0.05, 0.1) is 16.0 Å². The third-order valence-electron chi connectivity index (χ3n) is 5.86. The van der Waals surface area contributed by atoms with Gasteiger partial charge >= 0.3 is 0 Å². The average molecular weight is 456 g/mol. The van der Waals surface area contributed by atoms with E-state index < -0.39 is 5.92 Å². The maximum Gasteiger partial charge on any atom is 0.173 e. The molecule has 0 bridgehead atoms. The van der Waals surface area contributed by atoms with Crippen LogP contribution in [0.25, 0.3) is 0 Å². The number of ketones is 2. The lowest BCUT2D eigenvalue weighted by molar-refractivity contribution is -0.119. The number of carbonyl (C=O) groups excluding carboxylic acids is 2. The summed E-state index contributed by atoms with van der Waals surface area (Å²) >= 11 is 11.9. The Morgan fingerprint density at radius 2 is 1.20 bits per heavy atom. The van der Waals surface area contributed by atoms with Gasteiger partial charge < -0.3 is 0 Å². The molecule has 4 heteroatoms. The predicted molar refractivity (Wildman–Crippen MR) is 130 cm³/mol. The second-order valence-corrected chi connectivity index (χ2v) is 9.36. The van der Waals surface area contributed by atoms with Gasteiger partial charge in [-0.1, -0.05) is 120 Å². The van der Waals surface area contributed by atoms with Crippen LogP contribution in [-0.2, 0) is 4.79 Å². The Labute approximate surface area is 194 Å². The van der Waals surface area contributed by atoms with Crippen molar-refractivity contribution in [2.45, 2.75) is 110 Å². The van der Waals surface area contributed by atoms with Crippen LogP contribution in [0.15, 0.2) is 18.2 Å². The van der Waals surface area contributed by atoms with Gasteiger partial charge in [0.2, 0.25) is 0 Å². The summed E-state index contributed by atoms with van der Waals surface area (Å²) in [7, 11) is 0. The van der Waals surface area contributed by atoms with Crippen molar-refractivity contribution in [3.63, 3.8) is 0 Å². The molecule has 0 aliphatic carbocycles. The number of Topliss-reactive ketones (excluding diaryl/α,β-unsaturated/α-hetero) is 2. The lowest BCUT2D eigenvalue weighted by Crippen LogP contribution is -2.22. The Kier molecular flexibility index (Phi) is 15.2. The van der Waals surface area contributed by atoms with E-state index in [0.29, 0.717) is 22.0 Å². The maximum absolute atomic E-state index is 12.7. The van der Waals surface area contributed by atoms with Gasteiger partial charge in [-0.05, 0) is 31.5 Å². The first-order valence-electron chi connectivity index (χ1n) is 12.0. The Bertz CT molecular complexity index is 627. The van der Waals surface area contributed by atoms with Crippen molar-refractivity contribution in [3.05, 3.63) is 33.8 Å². The molecule has 2 nitrogen and oxygen atoms in total. The van der Waals surface area contributed by atoms with Gasteiger partial charge in [-0.3, -0.25) is 9.59 Å². The lowest BCUT2D eigenvalue weighted by Gasteiger charge is -2.13. The van der Waals surface area contributed by atoms with Crippen molar-refractivity contribution in [2.24, 2.45) is 5.92 Å². The van der Waals surface area contributed by atoms with Crippen molar-refractivity contribution in [3.8, 4) is 0 Å². The molecule has 0 heterocycles. The zero-order valence-corrected chi connectivity index (χ0v) is 20.5. The van der Waals surface area contributed by atoms with Crippen molar-refractivity contribution < 1.29 is 9.59 Å². The molecule has 0 saturated carbocycles. The van der Waals surface area contributed by atoms with Crippen molar-refractivity contribution in [2.75, 3.05) is 0 Å². The van der Waals surface area contributed by atoms with E-state index in [1.54, 1.807) is 18.2 Å². The van der Waals surface area contributed by atoms with Crippen molar-refractivity contribution in [1.82, 2.24) is 0 Å². The van der Waals surface area contributed by atoms with Crippen LogP contribution in [0.1, 0.15) is 121 Å². The predicted octanol–water partition coefficient (Wildman–Crippen LogP) is 9.25. The first-order chi connectivity index (χ1) is 14.5. The smallest absolute Gasteiger partial charge is 0.173 e. The van der Waals surface area contributed by atoms with Gasteiger partial charge in [0.15, 0.2) is 5.78 Å². The fraction of sp³-hybridized carbons (Fsp3) is 0.692. The van der Waals surface area contributed by atoms with Crippen molar-refractivity contribution in [1.29, 1.82) is 0 Å². The van der Waals surface area contributed by atoms with E-state index in [9.17, 15) is 9.59 Å². The van der Waals surface area contributed by atoms with Gasteiger partial charge in [0.25, 0.3) is 0 Å². The highest BCUT2D eigenvalue weighted by atomic mass is 35.5. The number of rotatable bonds is 18. The Hall–Kier alpha value is -0.860. The number of hydrogen-bond donors (Lipinski definition) is 0. The van der Waals surface area contributed by atoms with Gasteiger partial charge in [-0.2, -0.15) is 0 Å². The van der Waals surface area contributed by atoms with Gasteiger partial charge in [0, 0.05) is 5.56 Å². The summed E-state index contributed by atoms with van der Waals surface area (Å²) in [5.41, 5.74) is 0.468. The highest BCUT2D eigenvalue weighted by Gasteiger charge is 2.24. The van der Waals surface area contributed by atoms with Crippen LogP contribution in [0.5, 0.6) is 0 Å². The minimum absolute atomic E-state index is 0.0687. The highest BCUT2D eigenvalue weighted by molar-refractivity contribution is 6.42. The molecular weight excluding hydrogens is 415 g/mol.